The molecule has 0 saturated carbocycles. The van der Waals surface area contributed by atoms with Crippen LogP contribution in [0.2, 0.25) is 0 Å². The van der Waals surface area contributed by atoms with Crippen LogP contribution in [0.25, 0.3) is 0 Å². The summed E-state index contributed by atoms with van der Waals surface area (Å²) in [6.45, 7) is 1.58. The van der Waals surface area contributed by atoms with Crippen LogP contribution in [-0.2, 0) is 11.2 Å². The third-order valence-electron chi connectivity index (χ3n) is 2.92. The second kappa shape index (κ2) is 7.71. The van der Waals surface area contributed by atoms with Crippen molar-refractivity contribution >= 4 is 5.91 Å². The number of ether oxygens (including phenoxy) is 1. The molecule has 0 aliphatic rings. The fourth-order valence-electron chi connectivity index (χ4n) is 1.53. The fraction of sp³-hybridized carbons (Fsp3) is 0.500. The molecule has 0 aliphatic heterocycles. The summed E-state index contributed by atoms with van der Waals surface area (Å²) in [6, 6.07) is 6.43. The first-order chi connectivity index (χ1) is 9.02. The summed E-state index contributed by atoms with van der Waals surface area (Å²) < 4.78 is 28.2. The van der Waals surface area contributed by atoms with Crippen molar-refractivity contribution in [2.45, 2.75) is 33.3 Å². The number of alkyl halides is 2. The van der Waals surface area contributed by atoms with E-state index >= 15 is 0 Å². The second-order valence-electron chi connectivity index (χ2n) is 4.37. The Morgan fingerprint density at radius 2 is 1.95 bits per heavy atom. The van der Waals surface area contributed by atoms with Crippen molar-refractivity contribution in [3.05, 3.63) is 29.8 Å². The molecule has 0 radical (unpaired) electrons. The van der Waals surface area contributed by atoms with Gasteiger partial charge in [-0.05, 0) is 30.5 Å². The smallest absolute Gasteiger partial charge is 0.387 e. The third-order valence-corrected chi connectivity index (χ3v) is 2.92. The lowest BCUT2D eigenvalue weighted by molar-refractivity contribution is -0.124. The SMILES string of the molecule is CC[C@H](C)C(=O)NCCc1ccc(OC(F)F)cc1. The number of amides is 1. The fourth-order valence-corrected chi connectivity index (χ4v) is 1.53. The topological polar surface area (TPSA) is 38.3 Å². The number of carbonyl (C=O) groups excluding carboxylic acids is 1. The van der Waals surface area contributed by atoms with Crippen molar-refractivity contribution < 1.29 is 18.3 Å². The lowest BCUT2D eigenvalue weighted by Gasteiger charge is -2.10. The van der Waals surface area contributed by atoms with Crippen LogP contribution in [0.5, 0.6) is 5.75 Å². The molecule has 0 aromatic heterocycles. The van der Waals surface area contributed by atoms with Gasteiger partial charge in [0.1, 0.15) is 5.75 Å². The maximum atomic E-state index is 12.0. The predicted molar refractivity (Wildman–Crippen MR) is 69.2 cm³/mol. The molecule has 1 aromatic carbocycles. The molecule has 1 aromatic rings. The Morgan fingerprint density at radius 3 is 2.47 bits per heavy atom. The van der Waals surface area contributed by atoms with E-state index in [1.54, 1.807) is 12.1 Å². The van der Waals surface area contributed by atoms with Crippen LogP contribution < -0.4 is 10.1 Å². The van der Waals surface area contributed by atoms with Crippen LogP contribution in [0.15, 0.2) is 24.3 Å². The molecular weight excluding hydrogens is 252 g/mol. The Morgan fingerprint density at radius 1 is 1.32 bits per heavy atom. The number of carbonyl (C=O) groups is 1. The minimum absolute atomic E-state index is 0.0156. The largest absolute Gasteiger partial charge is 0.435 e. The maximum absolute atomic E-state index is 12.0. The van der Waals surface area contributed by atoms with Gasteiger partial charge in [-0.1, -0.05) is 26.0 Å². The molecule has 0 spiro atoms. The standard InChI is InChI=1S/C14H19F2NO2/c1-3-10(2)13(18)17-9-8-11-4-6-12(7-5-11)19-14(15)16/h4-7,10,14H,3,8-9H2,1-2H3,(H,17,18)/t10-/m0/s1. The maximum Gasteiger partial charge on any atom is 0.387 e. The van der Waals surface area contributed by atoms with Crippen LogP contribution in [0.1, 0.15) is 25.8 Å². The number of hydrogen-bond donors (Lipinski definition) is 1. The van der Waals surface area contributed by atoms with Gasteiger partial charge in [0.2, 0.25) is 5.91 Å². The van der Waals surface area contributed by atoms with E-state index < -0.39 is 6.61 Å². The zero-order chi connectivity index (χ0) is 14.3. The predicted octanol–water partition coefficient (Wildman–Crippen LogP) is 2.99. The van der Waals surface area contributed by atoms with Crippen molar-refractivity contribution in [2.24, 2.45) is 5.92 Å². The molecule has 5 heteroatoms. The van der Waals surface area contributed by atoms with E-state index in [-0.39, 0.29) is 17.6 Å². The molecule has 3 nitrogen and oxygen atoms in total. The highest BCUT2D eigenvalue weighted by atomic mass is 19.3. The Labute approximate surface area is 112 Å². The normalized spacial score (nSPS) is 12.3. The highest BCUT2D eigenvalue weighted by Crippen LogP contribution is 2.15. The van der Waals surface area contributed by atoms with E-state index in [9.17, 15) is 13.6 Å². The van der Waals surface area contributed by atoms with Gasteiger partial charge in [0.05, 0.1) is 0 Å². The van der Waals surface area contributed by atoms with E-state index in [1.165, 1.54) is 12.1 Å². The van der Waals surface area contributed by atoms with Crippen molar-refractivity contribution in [1.82, 2.24) is 5.32 Å². The number of rotatable bonds is 7. The Balaban J connectivity index is 2.36. The first-order valence-corrected chi connectivity index (χ1v) is 6.34. The van der Waals surface area contributed by atoms with E-state index in [0.29, 0.717) is 13.0 Å². The van der Waals surface area contributed by atoms with Crippen LogP contribution >= 0.6 is 0 Å². The summed E-state index contributed by atoms with van der Waals surface area (Å²) in [7, 11) is 0. The molecule has 1 atom stereocenters. The monoisotopic (exact) mass is 271 g/mol. The van der Waals surface area contributed by atoms with Crippen molar-refractivity contribution in [2.75, 3.05) is 6.54 Å². The van der Waals surface area contributed by atoms with Crippen molar-refractivity contribution in [3.8, 4) is 5.75 Å². The summed E-state index contributed by atoms with van der Waals surface area (Å²) in [5, 5.41) is 2.84. The molecule has 106 valence electrons. The first kappa shape index (κ1) is 15.4. The minimum Gasteiger partial charge on any atom is -0.435 e. The van der Waals surface area contributed by atoms with Gasteiger partial charge in [0, 0.05) is 12.5 Å². The minimum atomic E-state index is -2.80. The molecule has 0 fully saturated rings. The molecular formula is C14H19F2NO2. The number of nitrogens with one attached hydrogen (secondary N) is 1. The summed E-state index contributed by atoms with van der Waals surface area (Å²) in [5.74, 6) is 0.198. The van der Waals surface area contributed by atoms with Crippen LogP contribution in [0.4, 0.5) is 8.78 Å². The lowest BCUT2D eigenvalue weighted by atomic mass is 10.1. The van der Waals surface area contributed by atoms with Gasteiger partial charge in [0.25, 0.3) is 0 Å². The number of hydrogen-bond acceptors (Lipinski definition) is 2. The average Bonchev–Trinajstić information content (AvgIpc) is 2.39. The molecule has 0 saturated heterocycles. The number of benzene rings is 1. The third kappa shape index (κ3) is 5.68. The molecule has 0 unspecified atom stereocenters. The zero-order valence-electron chi connectivity index (χ0n) is 11.2. The van der Waals surface area contributed by atoms with Gasteiger partial charge >= 0.3 is 6.61 Å². The van der Waals surface area contributed by atoms with Gasteiger partial charge < -0.3 is 10.1 Å². The highest BCUT2D eigenvalue weighted by Gasteiger charge is 2.09. The van der Waals surface area contributed by atoms with Gasteiger partial charge in [0.15, 0.2) is 0 Å². The molecule has 0 bridgehead atoms. The summed E-state index contributed by atoms with van der Waals surface area (Å²) in [4.78, 5) is 11.5. The second-order valence-corrected chi connectivity index (χ2v) is 4.37. The Kier molecular flexibility index (Phi) is 6.25. The van der Waals surface area contributed by atoms with Gasteiger partial charge in [-0.25, -0.2) is 0 Å². The molecule has 1 N–H and O–H groups in total. The molecule has 19 heavy (non-hydrogen) atoms. The van der Waals surface area contributed by atoms with E-state index in [1.807, 2.05) is 13.8 Å². The van der Waals surface area contributed by atoms with Crippen molar-refractivity contribution in [1.29, 1.82) is 0 Å². The molecule has 1 rings (SSSR count). The lowest BCUT2D eigenvalue weighted by Crippen LogP contribution is -2.30. The number of halogens is 2. The van der Waals surface area contributed by atoms with E-state index in [0.717, 1.165) is 12.0 Å². The van der Waals surface area contributed by atoms with Crippen molar-refractivity contribution in [3.63, 3.8) is 0 Å². The van der Waals surface area contributed by atoms with Crippen LogP contribution in [-0.4, -0.2) is 19.1 Å². The van der Waals surface area contributed by atoms with Crippen LogP contribution in [0.3, 0.4) is 0 Å². The van der Waals surface area contributed by atoms with Gasteiger partial charge in [-0.15, -0.1) is 0 Å². The quantitative estimate of drug-likeness (QED) is 0.828. The van der Waals surface area contributed by atoms with Crippen LogP contribution in [0, 0.1) is 5.92 Å². The molecule has 0 heterocycles. The van der Waals surface area contributed by atoms with Gasteiger partial charge in [-0.3, -0.25) is 4.79 Å². The molecule has 0 aliphatic carbocycles. The first-order valence-electron chi connectivity index (χ1n) is 6.34. The van der Waals surface area contributed by atoms with E-state index in [2.05, 4.69) is 10.1 Å². The molecule has 1 amide bonds. The summed E-state index contributed by atoms with van der Waals surface area (Å²) in [6.07, 6.45) is 1.47. The summed E-state index contributed by atoms with van der Waals surface area (Å²) >= 11 is 0. The Bertz CT molecular complexity index is 393. The Hall–Kier alpha value is -1.65. The van der Waals surface area contributed by atoms with E-state index in [4.69, 9.17) is 0 Å². The highest BCUT2D eigenvalue weighted by molar-refractivity contribution is 5.78. The van der Waals surface area contributed by atoms with Gasteiger partial charge in [-0.2, -0.15) is 8.78 Å². The average molecular weight is 271 g/mol. The zero-order valence-corrected chi connectivity index (χ0v) is 11.2. The summed E-state index contributed by atoms with van der Waals surface area (Å²) in [5.41, 5.74) is 0.964.